The molecule has 0 aliphatic carbocycles. The highest BCUT2D eigenvalue weighted by Gasteiger charge is 2.62. The molecule has 0 amide bonds. The summed E-state index contributed by atoms with van der Waals surface area (Å²) in [5.41, 5.74) is -1.68. The van der Waals surface area contributed by atoms with E-state index in [9.17, 15) is 18.3 Å². The highest BCUT2D eigenvalue weighted by Crippen LogP contribution is 2.51. The Bertz CT molecular complexity index is 928. The number of aliphatic hydroxyl groups is 1. The fraction of sp³-hybridized carbons (Fsp3) is 0.350. The van der Waals surface area contributed by atoms with Crippen LogP contribution in [0.2, 0.25) is 0 Å². The number of alkyl halides is 3. The second kappa shape index (κ2) is 7.00. The second-order valence-electron chi connectivity index (χ2n) is 6.67. The smallest absolute Gasteiger partial charge is 0.436 e. The van der Waals surface area contributed by atoms with Gasteiger partial charge in [0.1, 0.15) is 11.5 Å². The fourth-order valence-corrected chi connectivity index (χ4v) is 3.56. The molecule has 0 bridgehead atoms. The van der Waals surface area contributed by atoms with Crippen LogP contribution in [0, 0.1) is 18.3 Å². The number of nitrogens with zero attached hydrogens (tertiary/aromatic N) is 2. The molecule has 148 valence electrons. The topological polar surface area (TPSA) is 65.7 Å². The summed E-state index contributed by atoms with van der Waals surface area (Å²) in [7, 11) is 2.48. The minimum Gasteiger partial charge on any atom is -0.496 e. The van der Waals surface area contributed by atoms with Crippen molar-refractivity contribution in [2.45, 2.75) is 31.9 Å². The molecule has 2 aromatic rings. The van der Waals surface area contributed by atoms with Gasteiger partial charge in [0.15, 0.2) is 0 Å². The van der Waals surface area contributed by atoms with Crippen LogP contribution in [0.25, 0.3) is 0 Å². The number of hydrogen-bond donors (Lipinski definition) is 1. The largest absolute Gasteiger partial charge is 0.496 e. The van der Waals surface area contributed by atoms with E-state index in [4.69, 9.17) is 14.7 Å². The molecule has 1 unspecified atom stereocenters. The lowest BCUT2D eigenvalue weighted by atomic mass is 9.96. The Morgan fingerprint density at radius 3 is 2.11 bits per heavy atom. The third kappa shape index (κ3) is 3.07. The summed E-state index contributed by atoms with van der Waals surface area (Å²) >= 11 is 0. The monoisotopic (exact) mass is 392 g/mol. The van der Waals surface area contributed by atoms with Crippen molar-refractivity contribution in [2.24, 2.45) is 0 Å². The van der Waals surface area contributed by atoms with E-state index in [1.54, 1.807) is 19.1 Å². The summed E-state index contributed by atoms with van der Waals surface area (Å²) in [6, 6.07) is 9.50. The van der Waals surface area contributed by atoms with Crippen molar-refractivity contribution >= 4 is 0 Å². The van der Waals surface area contributed by atoms with Gasteiger partial charge in [-0.05, 0) is 47.9 Å². The average molecular weight is 392 g/mol. The van der Waals surface area contributed by atoms with Gasteiger partial charge in [0, 0.05) is 13.1 Å². The summed E-state index contributed by atoms with van der Waals surface area (Å²) in [4.78, 5) is 0.911. The third-order valence-electron chi connectivity index (χ3n) is 4.91. The van der Waals surface area contributed by atoms with Crippen molar-refractivity contribution in [1.82, 2.24) is 4.90 Å². The number of halogens is 3. The maximum Gasteiger partial charge on any atom is 0.436 e. The maximum absolute atomic E-state index is 14.3. The first-order chi connectivity index (χ1) is 13.1. The molecule has 1 aliphatic rings. The molecule has 0 fully saturated rings. The van der Waals surface area contributed by atoms with E-state index in [1.165, 1.54) is 32.4 Å². The Hall–Kier alpha value is -2.76. The van der Waals surface area contributed by atoms with Crippen molar-refractivity contribution in [1.29, 1.82) is 5.26 Å². The number of methoxy groups -OCH3 is 2. The van der Waals surface area contributed by atoms with Crippen LogP contribution in [0.5, 0.6) is 11.5 Å². The highest BCUT2D eigenvalue weighted by atomic mass is 19.4. The van der Waals surface area contributed by atoms with Crippen molar-refractivity contribution in [3.05, 3.63) is 58.1 Å². The number of hydrogen-bond acceptors (Lipinski definition) is 5. The molecule has 0 spiro atoms. The van der Waals surface area contributed by atoms with Gasteiger partial charge < -0.3 is 14.6 Å². The number of benzene rings is 2. The lowest BCUT2D eigenvalue weighted by molar-refractivity contribution is -0.328. The Kier molecular flexibility index (Phi) is 5.00. The van der Waals surface area contributed by atoms with Gasteiger partial charge in [-0.1, -0.05) is 6.07 Å². The number of nitriles is 1. The molecule has 3 rings (SSSR count). The summed E-state index contributed by atoms with van der Waals surface area (Å²) in [5.74, 6) is -0.240. The SMILES string of the molecule is COc1cc(C)cc(OC)c1C(O)(N1Cc2ccc(C#N)cc2C1)C(F)(F)F. The van der Waals surface area contributed by atoms with Crippen LogP contribution in [-0.2, 0) is 18.8 Å². The molecule has 8 heteroatoms. The van der Waals surface area contributed by atoms with Crippen LogP contribution < -0.4 is 9.47 Å². The summed E-state index contributed by atoms with van der Waals surface area (Å²) in [6.45, 7) is 1.37. The zero-order valence-corrected chi connectivity index (χ0v) is 15.6. The molecule has 0 radical (unpaired) electrons. The molecule has 1 N–H and O–H groups in total. The summed E-state index contributed by atoms with van der Waals surface area (Å²) < 4.78 is 53.2. The van der Waals surface area contributed by atoms with Crippen molar-refractivity contribution in [2.75, 3.05) is 14.2 Å². The Morgan fingerprint density at radius 2 is 1.61 bits per heavy atom. The number of fused-ring (bicyclic) bond motifs is 1. The van der Waals surface area contributed by atoms with Gasteiger partial charge in [0.25, 0.3) is 5.72 Å². The van der Waals surface area contributed by atoms with Gasteiger partial charge in [-0.15, -0.1) is 0 Å². The standard InChI is InChI=1S/C20H19F3N2O3/c1-12-6-16(27-2)18(17(7-12)28-3)19(26,20(21,22)23)25-10-14-5-4-13(9-24)8-15(14)11-25/h4-8,26H,10-11H2,1-3H3. The van der Waals surface area contributed by atoms with Gasteiger partial charge in [0.2, 0.25) is 0 Å². The van der Waals surface area contributed by atoms with E-state index in [0.29, 0.717) is 22.3 Å². The molecule has 28 heavy (non-hydrogen) atoms. The number of ether oxygens (including phenoxy) is 2. The predicted molar refractivity (Wildman–Crippen MR) is 94.6 cm³/mol. The lowest BCUT2D eigenvalue weighted by Gasteiger charge is -2.40. The molecule has 5 nitrogen and oxygen atoms in total. The number of rotatable bonds is 4. The molecule has 2 aromatic carbocycles. The van der Waals surface area contributed by atoms with Gasteiger partial charge in [-0.2, -0.15) is 18.4 Å². The molecule has 0 saturated carbocycles. The predicted octanol–water partition coefficient (Wildman–Crippen LogP) is 3.61. The van der Waals surface area contributed by atoms with E-state index in [2.05, 4.69) is 0 Å². The normalized spacial score (nSPS) is 16.2. The van der Waals surface area contributed by atoms with Crippen LogP contribution in [0.4, 0.5) is 13.2 Å². The molecular weight excluding hydrogens is 373 g/mol. The van der Waals surface area contributed by atoms with Crippen molar-refractivity contribution in [3.8, 4) is 17.6 Å². The third-order valence-corrected chi connectivity index (χ3v) is 4.91. The van der Waals surface area contributed by atoms with Crippen LogP contribution in [-0.4, -0.2) is 30.4 Å². The zero-order chi connectivity index (χ0) is 20.7. The van der Waals surface area contributed by atoms with E-state index >= 15 is 0 Å². The van der Waals surface area contributed by atoms with Crippen molar-refractivity contribution < 1.29 is 27.8 Å². The summed E-state index contributed by atoms with van der Waals surface area (Å²) in [5, 5.41) is 20.1. The quantitative estimate of drug-likeness (QED) is 0.861. The minimum absolute atomic E-state index is 0.120. The first kappa shape index (κ1) is 20.0. The Balaban J connectivity index is 2.18. The molecular formula is C20H19F3N2O3. The van der Waals surface area contributed by atoms with E-state index in [1.807, 2.05) is 6.07 Å². The molecule has 1 heterocycles. The molecule has 1 atom stereocenters. The maximum atomic E-state index is 14.3. The van der Waals surface area contributed by atoms with E-state index in [0.717, 1.165) is 4.90 Å². The molecule has 0 aromatic heterocycles. The van der Waals surface area contributed by atoms with Gasteiger partial charge in [-0.3, -0.25) is 4.90 Å². The second-order valence-corrected chi connectivity index (χ2v) is 6.67. The summed E-state index contributed by atoms with van der Waals surface area (Å²) in [6.07, 6.45) is -5.04. The van der Waals surface area contributed by atoms with Gasteiger partial charge in [0.05, 0.1) is 31.4 Å². The first-order valence-corrected chi connectivity index (χ1v) is 8.44. The van der Waals surface area contributed by atoms with Gasteiger partial charge >= 0.3 is 6.18 Å². The Labute approximate surface area is 160 Å². The van der Waals surface area contributed by atoms with Crippen molar-refractivity contribution in [3.63, 3.8) is 0 Å². The van der Waals surface area contributed by atoms with E-state index < -0.39 is 17.5 Å². The van der Waals surface area contributed by atoms with Crippen LogP contribution in [0.3, 0.4) is 0 Å². The zero-order valence-electron chi connectivity index (χ0n) is 15.6. The van der Waals surface area contributed by atoms with Crippen LogP contribution in [0.15, 0.2) is 30.3 Å². The Morgan fingerprint density at radius 1 is 1.04 bits per heavy atom. The molecule has 0 saturated heterocycles. The minimum atomic E-state index is -5.04. The molecule has 1 aliphatic heterocycles. The first-order valence-electron chi connectivity index (χ1n) is 8.44. The average Bonchev–Trinajstić information content (AvgIpc) is 3.09. The highest BCUT2D eigenvalue weighted by molar-refractivity contribution is 5.52. The van der Waals surface area contributed by atoms with Gasteiger partial charge in [-0.25, -0.2) is 0 Å². The fourth-order valence-electron chi connectivity index (χ4n) is 3.56. The van der Waals surface area contributed by atoms with Crippen LogP contribution in [0.1, 0.15) is 27.8 Å². The van der Waals surface area contributed by atoms with E-state index in [-0.39, 0.29) is 24.6 Å². The number of aryl methyl sites for hydroxylation is 1. The van der Waals surface area contributed by atoms with Crippen LogP contribution >= 0.6 is 0 Å². The lowest BCUT2D eigenvalue weighted by Crippen LogP contribution is -2.54.